The van der Waals surface area contributed by atoms with Crippen LogP contribution in [0, 0.1) is 17.8 Å². The second kappa shape index (κ2) is 5.75. The average molecular weight is 250 g/mol. The van der Waals surface area contributed by atoms with E-state index < -0.39 is 0 Å². The number of aliphatic hydroxyl groups excluding tert-OH is 1. The third kappa shape index (κ3) is 2.65. The van der Waals surface area contributed by atoms with Crippen molar-refractivity contribution >= 4 is 0 Å². The van der Waals surface area contributed by atoms with Crippen LogP contribution in [0.25, 0.3) is 0 Å². The first-order valence-corrected chi connectivity index (χ1v) is 7.82. The summed E-state index contributed by atoms with van der Waals surface area (Å²) in [5.74, 6) is 1.37. The molecule has 1 N–H and O–H groups in total. The molecule has 0 aromatic rings. The van der Waals surface area contributed by atoms with Gasteiger partial charge in [0.1, 0.15) is 0 Å². The molecule has 0 saturated heterocycles. The maximum absolute atomic E-state index is 10.0. The molecule has 0 spiro atoms. The molecule has 2 fully saturated rings. The van der Waals surface area contributed by atoms with Gasteiger partial charge >= 0.3 is 0 Å². The molecular formula is C16H26O2. The molecule has 102 valence electrons. The Kier molecular flexibility index (Phi) is 4.05. The summed E-state index contributed by atoms with van der Waals surface area (Å²) in [5, 5.41) is 10.0. The number of ether oxygens (including phenoxy) is 1. The minimum atomic E-state index is -0.115. The van der Waals surface area contributed by atoms with Crippen LogP contribution in [0.15, 0.2) is 12.2 Å². The number of aliphatic hydroxyl groups is 1. The molecule has 0 aromatic heterocycles. The van der Waals surface area contributed by atoms with Crippen LogP contribution in [0.5, 0.6) is 0 Å². The Bertz CT molecular complexity index is 291. The van der Waals surface area contributed by atoms with E-state index in [1.807, 2.05) is 0 Å². The molecule has 4 unspecified atom stereocenters. The Morgan fingerprint density at radius 2 is 1.72 bits per heavy atom. The van der Waals surface area contributed by atoms with Crippen LogP contribution in [0.3, 0.4) is 0 Å². The maximum Gasteiger partial charge on any atom is 0.0668 e. The van der Waals surface area contributed by atoms with E-state index >= 15 is 0 Å². The third-order valence-corrected chi connectivity index (χ3v) is 5.13. The molecule has 0 amide bonds. The first kappa shape index (κ1) is 12.7. The number of hydrogen-bond donors (Lipinski definition) is 1. The molecule has 2 heteroatoms. The summed E-state index contributed by atoms with van der Waals surface area (Å²) in [5.41, 5.74) is 0. The van der Waals surface area contributed by atoms with Crippen molar-refractivity contribution in [2.75, 3.05) is 6.61 Å². The van der Waals surface area contributed by atoms with Crippen molar-refractivity contribution in [2.24, 2.45) is 17.8 Å². The molecule has 0 heterocycles. The molecule has 2 nitrogen and oxygen atoms in total. The fraction of sp³-hybridized carbons (Fsp3) is 0.875. The first-order valence-electron chi connectivity index (χ1n) is 7.82. The van der Waals surface area contributed by atoms with Gasteiger partial charge in [-0.05, 0) is 25.2 Å². The molecule has 3 aliphatic carbocycles. The molecule has 3 aliphatic rings. The van der Waals surface area contributed by atoms with E-state index in [9.17, 15) is 5.11 Å². The average Bonchev–Trinajstić information content (AvgIpc) is 2.83. The summed E-state index contributed by atoms with van der Waals surface area (Å²) in [7, 11) is 0. The lowest BCUT2D eigenvalue weighted by Gasteiger charge is -2.24. The zero-order chi connectivity index (χ0) is 12.4. The van der Waals surface area contributed by atoms with Crippen LogP contribution in [-0.2, 0) is 4.74 Å². The fourth-order valence-electron chi connectivity index (χ4n) is 3.97. The van der Waals surface area contributed by atoms with Gasteiger partial charge < -0.3 is 9.84 Å². The quantitative estimate of drug-likeness (QED) is 0.779. The molecule has 18 heavy (non-hydrogen) atoms. The summed E-state index contributed by atoms with van der Waals surface area (Å²) in [6.45, 7) is 0.868. The van der Waals surface area contributed by atoms with Crippen molar-refractivity contribution in [1.29, 1.82) is 0 Å². The van der Waals surface area contributed by atoms with E-state index in [4.69, 9.17) is 4.74 Å². The highest BCUT2D eigenvalue weighted by atomic mass is 16.5. The standard InChI is InChI=1S/C16H26O2/c17-16-12-8-9-15(16)13(10-12)11-18-14-6-4-2-1-3-5-7-14/h8-9,12-17H,1-7,10-11H2. The maximum atomic E-state index is 10.0. The SMILES string of the molecule is OC1C2C=CC1C(COC1CCCCCCC1)C2. The normalized spacial score (nSPS) is 40.9. The lowest BCUT2D eigenvalue weighted by Crippen LogP contribution is -2.23. The smallest absolute Gasteiger partial charge is 0.0668 e. The predicted molar refractivity (Wildman–Crippen MR) is 72.3 cm³/mol. The second-order valence-electron chi connectivity index (χ2n) is 6.41. The largest absolute Gasteiger partial charge is 0.392 e. The van der Waals surface area contributed by atoms with Crippen molar-refractivity contribution in [3.63, 3.8) is 0 Å². The number of fused-ring (bicyclic) bond motifs is 2. The van der Waals surface area contributed by atoms with Gasteiger partial charge in [0.25, 0.3) is 0 Å². The van der Waals surface area contributed by atoms with Gasteiger partial charge in [-0.25, -0.2) is 0 Å². The highest BCUT2D eigenvalue weighted by Crippen LogP contribution is 2.44. The minimum Gasteiger partial charge on any atom is -0.392 e. The van der Waals surface area contributed by atoms with E-state index in [1.165, 1.54) is 44.9 Å². The van der Waals surface area contributed by atoms with Crippen LogP contribution in [0.4, 0.5) is 0 Å². The monoisotopic (exact) mass is 250 g/mol. The van der Waals surface area contributed by atoms with E-state index in [2.05, 4.69) is 12.2 Å². The topological polar surface area (TPSA) is 29.5 Å². The summed E-state index contributed by atoms with van der Waals surface area (Å²) in [6.07, 6.45) is 15.3. The summed E-state index contributed by atoms with van der Waals surface area (Å²) in [6, 6.07) is 0. The van der Waals surface area contributed by atoms with Crippen molar-refractivity contribution < 1.29 is 9.84 Å². The molecule has 4 atom stereocenters. The van der Waals surface area contributed by atoms with Crippen molar-refractivity contribution in [3.8, 4) is 0 Å². The highest BCUT2D eigenvalue weighted by molar-refractivity contribution is 5.15. The summed E-state index contributed by atoms with van der Waals surface area (Å²) in [4.78, 5) is 0. The van der Waals surface area contributed by atoms with Gasteiger partial charge in [0, 0.05) is 11.8 Å². The molecule has 0 aliphatic heterocycles. The third-order valence-electron chi connectivity index (χ3n) is 5.13. The zero-order valence-corrected chi connectivity index (χ0v) is 11.3. The Hall–Kier alpha value is -0.340. The Morgan fingerprint density at radius 1 is 1.00 bits per heavy atom. The van der Waals surface area contributed by atoms with Gasteiger partial charge in [0.05, 0.1) is 18.8 Å². The molecule has 2 saturated carbocycles. The first-order chi connectivity index (χ1) is 8.84. The Morgan fingerprint density at radius 3 is 2.33 bits per heavy atom. The Balaban J connectivity index is 1.45. The van der Waals surface area contributed by atoms with Crippen LogP contribution >= 0.6 is 0 Å². The van der Waals surface area contributed by atoms with Gasteiger partial charge in [0.15, 0.2) is 0 Å². The van der Waals surface area contributed by atoms with Gasteiger partial charge in [0.2, 0.25) is 0 Å². The Labute approximate surface area is 110 Å². The number of rotatable bonds is 3. The van der Waals surface area contributed by atoms with Crippen LogP contribution in [0.1, 0.15) is 51.4 Å². The highest BCUT2D eigenvalue weighted by Gasteiger charge is 2.43. The predicted octanol–water partition coefficient (Wildman–Crippen LogP) is 3.30. The molecular weight excluding hydrogens is 224 g/mol. The molecule has 2 bridgehead atoms. The van der Waals surface area contributed by atoms with Crippen molar-refractivity contribution in [2.45, 2.75) is 63.6 Å². The van der Waals surface area contributed by atoms with Crippen LogP contribution < -0.4 is 0 Å². The molecule has 3 rings (SSSR count). The summed E-state index contributed by atoms with van der Waals surface area (Å²) < 4.78 is 6.16. The van der Waals surface area contributed by atoms with Gasteiger partial charge in [-0.2, -0.15) is 0 Å². The molecule has 0 aromatic carbocycles. The van der Waals surface area contributed by atoms with Crippen molar-refractivity contribution in [3.05, 3.63) is 12.2 Å². The van der Waals surface area contributed by atoms with Gasteiger partial charge in [-0.1, -0.05) is 44.3 Å². The summed E-state index contributed by atoms with van der Waals surface area (Å²) >= 11 is 0. The fourth-order valence-corrected chi connectivity index (χ4v) is 3.97. The minimum absolute atomic E-state index is 0.115. The van der Waals surface area contributed by atoms with E-state index in [0.29, 0.717) is 23.9 Å². The second-order valence-corrected chi connectivity index (χ2v) is 6.41. The zero-order valence-electron chi connectivity index (χ0n) is 11.3. The van der Waals surface area contributed by atoms with Crippen molar-refractivity contribution in [1.82, 2.24) is 0 Å². The van der Waals surface area contributed by atoms with E-state index in [0.717, 1.165) is 13.0 Å². The number of hydrogen-bond acceptors (Lipinski definition) is 2. The van der Waals surface area contributed by atoms with Gasteiger partial charge in [-0.3, -0.25) is 0 Å². The van der Waals surface area contributed by atoms with E-state index in [1.54, 1.807) is 0 Å². The van der Waals surface area contributed by atoms with Crippen LogP contribution in [0.2, 0.25) is 0 Å². The van der Waals surface area contributed by atoms with Crippen LogP contribution in [-0.4, -0.2) is 23.9 Å². The lowest BCUT2D eigenvalue weighted by atomic mass is 9.94. The molecule has 0 radical (unpaired) electrons. The lowest BCUT2D eigenvalue weighted by molar-refractivity contribution is 0.00468. The van der Waals surface area contributed by atoms with Gasteiger partial charge in [-0.15, -0.1) is 0 Å². The van der Waals surface area contributed by atoms with E-state index in [-0.39, 0.29) is 6.10 Å².